The third-order valence-corrected chi connectivity index (χ3v) is 6.39. The number of pyridine rings is 2. The number of carbonyl (C=O) groups excluding carboxylic acids is 1. The Morgan fingerprint density at radius 2 is 1.72 bits per heavy atom. The van der Waals surface area contributed by atoms with Gasteiger partial charge in [-0.15, -0.1) is 0 Å². The van der Waals surface area contributed by atoms with Gasteiger partial charge in [0.05, 0.1) is 5.56 Å². The third kappa shape index (κ3) is 5.54. The minimum absolute atomic E-state index is 0.0194. The van der Waals surface area contributed by atoms with E-state index in [1.807, 2.05) is 12.3 Å². The van der Waals surface area contributed by atoms with Gasteiger partial charge in [-0.2, -0.15) is 5.26 Å². The van der Waals surface area contributed by atoms with E-state index >= 15 is 0 Å². The molecule has 32 heavy (non-hydrogen) atoms. The van der Waals surface area contributed by atoms with Crippen LogP contribution in [0.25, 0.3) is 0 Å². The Kier molecular flexibility index (Phi) is 7.17. The van der Waals surface area contributed by atoms with Gasteiger partial charge in [0, 0.05) is 57.6 Å². The molecule has 1 amide bonds. The van der Waals surface area contributed by atoms with Crippen molar-refractivity contribution in [1.29, 1.82) is 5.26 Å². The van der Waals surface area contributed by atoms with Crippen LogP contribution in [0.3, 0.4) is 0 Å². The van der Waals surface area contributed by atoms with Gasteiger partial charge in [0.2, 0.25) is 5.91 Å². The number of nitrogens with one attached hydrogen (secondary N) is 1. The number of likely N-dealkylation sites (N-methyl/N-ethyl adjacent to an activating group) is 1. The predicted octanol–water partition coefficient (Wildman–Crippen LogP) is 2.02. The zero-order valence-electron chi connectivity index (χ0n) is 18.7. The zero-order chi connectivity index (χ0) is 22.3. The number of hydrogen-bond acceptors (Lipinski definition) is 7. The number of nitriles is 1. The van der Waals surface area contributed by atoms with Crippen molar-refractivity contribution in [3.63, 3.8) is 0 Å². The summed E-state index contributed by atoms with van der Waals surface area (Å²) in [5, 5.41) is 12.0. The number of piperidine rings is 1. The van der Waals surface area contributed by atoms with Crippen molar-refractivity contribution in [1.82, 2.24) is 20.2 Å². The van der Waals surface area contributed by atoms with Crippen molar-refractivity contribution in [2.45, 2.75) is 25.8 Å². The summed E-state index contributed by atoms with van der Waals surface area (Å²) in [5.74, 6) is 2.01. The summed E-state index contributed by atoms with van der Waals surface area (Å²) in [5.41, 5.74) is 1.58. The van der Waals surface area contributed by atoms with E-state index in [1.54, 1.807) is 12.3 Å². The molecule has 1 N–H and O–H groups in total. The highest BCUT2D eigenvalue weighted by atomic mass is 16.1. The summed E-state index contributed by atoms with van der Waals surface area (Å²) >= 11 is 0. The molecule has 2 aromatic rings. The second-order valence-corrected chi connectivity index (χ2v) is 8.66. The van der Waals surface area contributed by atoms with Crippen LogP contribution in [0.4, 0.5) is 11.6 Å². The van der Waals surface area contributed by atoms with Crippen molar-refractivity contribution >= 4 is 17.5 Å². The van der Waals surface area contributed by atoms with E-state index in [0.29, 0.717) is 12.1 Å². The van der Waals surface area contributed by atoms with Gasteiger partial charge in [0.15, 0.2) is 0 Å². The summed E-state index contributed by atoms with van der Waals surface area (Å²) in [6.45, 7) is 6.30. The molecule has 0 radical (unpaired) electrons. The monoisotopic (exact) mass is 433 g/mol. The van der Waals surface area contributed by atoms with Crippen molar-refractivity contribution < 1.29 is 4.79 Å². The maximum absolute atomic E-state index is 12.7. The number of nitrogens with zero attached hydrogens (tertiary/aromatic N) is 6. The molecule has 4 heterocycles. The Hall–Kier alpha value is -3.18. The lowest BCUT2D eigenvalue weighted by Crippen LogP contribution is -2.40. The quantitative estimate of drug-likeness (QED) is 0.772. The van der Waals surface area contributed by atoms with Crippen molar-refractivity contribution in [3.8, 4) is 6.07 Å². The Bertz CT molecular complexity index is 930. The Balaban J connectivity index is 1.23. The molecule has 0 saturated carbocycles. The summed E-state index contributed by atoms with van der Waals surface area (Å²) in [6.07, 6.45) is 6.22. The van der Waals surface area contributed by atoms with E-state index in [4.69, 9.17) is 5.26 Å². The lowest BCUT2D eigenvalue weighted by atomic mass is 9.96. The Labute approximate surface area is 189 Å². The minimum atomic E-state index is 0.0194. The molecule has 0 unspecified atom stereocenters. The van der Waals surface area contributed by atoms with Crippen LogP contribution >= 0.6 is 0 Å². The second-order valence-electron chi connectivity index (χ2n) is 8.66. The predicted molar refractivity (Wildman–Crippen MR) is 124 cm³/mol. The largest absolute Gasteiger partial charge is 0.357 e. The van der Waals surface area contributed by atoms with Gasteiger partial charge >= 0.3 is 0 Å². The molecule has 0 bridgehead atoms. The van der Waals surface area contributed by atoms with Gasteiger partial charge in [-0.1, -0.05) is 6.07 Å². The molecule has 2 aromatic heterocycles. The van der Waals surface area contributed by atoms with E-state index in [1.165, 1.54) is 0 Å². The number of anilines is 2. The first kappa shape index (κ1) is 22.0. The van der Waals surface area contributed by atoms with Crippen LogP contribution in [0.2, 0.25) is 0 Å². The molecule has 0 aromatic carbocycles. The highest BCUT2D eigenvalue weighted by Gasteiger charge is 2.25. The summed E-state index contributed by atoms with van der Waals surface area (Å²) in [7, 11) is 2.16. The van der Waals surface area contributed by atoms with E-state index < -0.39 is 0 Å². The molecule has 4 rings (SSSR count). The molecule has 8 nitrogen and oxygen atoms in total. The number of rotatable bonds is 5. The number of aromatic nitrogens is 2. The first-order valence-corrected chi connectivity index (χ1v) is 11.4. The lowest BCUT2D eigenvalue weighted by Gasteiger charge is -2.32. The van der Waals surface area contributed by atoms with Crippen LogP contribution in [0.15, 0.2) is 36.7 Å². The topological polar surface area (TPSA) is 88.4 Å². The summed E-state index contributed by atoms with van der Waals surface area (Å²) in [6, 6.07) is 9.88. The van der Waals surface area contributed by atoms with Gasteiger partial charge in [0.25, 0.3) is 0 Å². The van der Waals surface area contributed by atoms with Crippen LogP contribution in [-0.4, -0.2) is 67.1 Å². The standard InChI is InChI=1S/C24H31N7O/c1-29-9-2-10-30(14-13-29)22-6-4-20(17-27-22)18-28-24(32)21-7-11-31(12-8-21)23-5-3-19(15-25)16-26-23/h3-6,16-17,21H,2,7-14,18H2,1H3,(H,28,32). The van der Waals surface area contributed by atoms with E-state index in [-0.39, 0.29) is 11.8 Å². The molecular weight excluding hydrogens is 402 g/mol. The molecule has 0 aliphatic carbocycles. The van der Waals surface area contributed by atoms with Gasteiger partial charge < -0.3 is 20.0 Å². The average Bonchev–Trinajstić information content (AvgIpc) is 3.07. The number of amides is 1. The van der Waals surface area contributed by atoms with Crippen LogP contribution in [-0.2, 0) is 11.3 Å². The molecule has 0 spiro atoms. The molecular formula is C24H31N7O. The van der Waals surface area contributed by atoms with Crippen molar-refractivity contribution in [2.75, 3.05) is 56.1 Å². The molecule has 2 aliphatic rings. The molecule has 8 heteroatoms. The Morgan fingerprint density at radius 1 is 1.00 bits per heavy atom. The lowest BCUT2D eigenvalue weighted by molar-refractivity contribution is -0.125. The molecule has 168 valence electrons. The first-order chi connectivity index (χ1) is 15.6. The maximum Gasteiger partial charge on any atom is 0.223 e. The second kappa shape index (κ2) is 10.4. The van der Waals surface area contributed by atoms with Gasteiger partial charge in [-0.05, 0) is 56.6 Å². The SMILES string of the molecule is CN1CCCN(c2ccc(CNC(=O)C3CCN(c4ccc(C#N)cn4)CC3)cn2)CC1. The number of carbonyl (C=O) groups is 1. The third-order valence-electron chi connectivity index (χ3n) is 6.39. The van der Waals surface area contributed by atoms with Gasteiger partial charge in [0.1, 0.15) is 17.7 Å². The van der Waals surface area contributed by atoms with Crippen LogP contribution in [0, 0.1) is 17.2 Å². The highest BCUT2D eigenvalue weighted by molar-refractivity contribution is 5.79. The van der Waals surface area contributed by atoms with Gasteiger partial charge in [-0.25, -0.2) is 9.97 Å². The van der Waals surface area contributed by atoms with Crippen LogP contribution < -0.4 is 15.1 Å². The fourth-order valence-corrected chi connectivity index (χ4v) is 4.33. The summed E-state index contributed by atoms with van der Waals surface area (Å²) in [4.78, 5) is 28.5. The fourth-order valence-electron chi connectivity index (χ4n) is 4.33. The smallest absolute Gasteiger partial charge is 0.223 e. The average molecular weight is 434 g/mol. The van der Waals surface area contributed by atoms with Gasteiger partial charge in [-0.3, -0.25) is 4.79 Å². The zero-order valence-corrected chi connectivity index (χ0v) is 18.7. The molecule has 2 saturated heterocycles. The minimum Gasteiger partial charge on any atom is -0.357 e. The highest BCUT2D eigenvalue weighted by Crippen LogP contribution is 2.22. The van der Waals surface area contributed by atoms with Crippen LogP contribution in [0.5, 0.6) is 0 Å². The van der Waals surface area contributed by atoms with E-state index in [9.17, 15) is 4.79 Å². The van der Waals surface area contributed by atoms with E-state index in [0.717, 1.165) is 75.7 Å². The van der Waals surface area contributed by atoms with Crippen molar-refractivity contribution in [2.24, 2.45) is 5.92 Å². The van der Waals surface area contributed by atoms with Crippen LogP contribution in [0.1, 0.15) is 30.4 Å². The molecule has 2 fully saturated rings. The van der Waals surface area contributed by atoms with E-state index in [2.05, 4.69) is 55.2 Å². The fraction of sp³-hybridized carbons (Fsp3) is 0.500. The number of hydrogen-bond donors (Lipinski definition) is 1. The van der Waals surface area contributed by atoms with Crippen molar-refractivity contribution in [3.05, 3.63) is 47.8 Å². The molecule has 2 aliphatic heterocycles. The maximum atomic E-state index is 12.7. The Morgan fingerprint density at radius 3 is 2.38 bits per heavy atom. The first-order valence-electron chi connectivity index (χ1n) is 11.4. The normalized spacial score (nSPS) is 18.1. The molecule has 0 atom stereocenters. The summed E-state index contributed by atoms with van der Waals surface area (Å²) < 4.78 is 0.